The Kier molecular flexibility index (Phi) is 5.59. The van der Waals surface area contributed by atoms with Gasteiger partial charge >= 0.3 is 0 Å². The van der Waals surface area contributed by atoms with Crippen molar-refractivity contribution in [1.29, 1.82) is 0 Å². The van der Waals surface area contributed by atoms with E-state index in [-0.39, 0.29) is 17.3 Å². The lowest BCUT2D eigenvalue weighted by Gasteiger charge is -2.25. The maximum atomic E-state index is 13.0. The van der Waals surface area contributed by atoms with Gasteiger partial charge in [-0.3, -0.25) is 10.1 Å². The Morgan fingerprint density at radius 3 is 2.50 bits per heavy atom. The molecule has 4 rings (SSSR count). The minimum absolute atomic E-state index is 0.226. The predicted molar refractivity (Wildman–Crippen MR) is 116 cm³/mol. The molecule has 1 amide bonds. The Hall–Kier alpha value is -2.75. The summed E-state index contributed by atoms with van der Waals surface area (Å²) < 4.78 is 32.5. The molecule has 2 aromatic carbocycles. The van der Waals surface area contributed by atoms with Gasteiger partial charge in [-0.25, -0.2) is 13.4 Å². The maximum absolute atomic E-state index is 13.0. The predicted octanol–water partition coefficient (Wildman–Crippen LogP) is 3.46. The fourth-order valence-corrected chi connectivity index (χ4v) is 5.71. The highest BCUT2D eigenvalue weighted by Crippen LogP contribution is 2.31. The summed E-state index contributed by atoms with van der Waals surface area (Å²) in [5.41, 5.74) is 2.47. The van der Waals surface area contributed by atoms with Crippen molar-refractivity contribution in [2.75, 3.05) is 19.0 Å². The Morgan fingerprint density at radius 2 is 1.83 bits per heavy atom. The molecule has 0 aliphatic carbocycles. The minimum atomic E-state index is -3.62. The van der Waals surface area contributed by atoms with Gasteiger partial charge in [-0.2, -0.15) is 4.31 Å². The van der Waals surface area contributed by atoms with Gasteiger partial charge in [-0.05, 0) is 43.3 Å². The molecular weight excluding hydrogens is 422 g/mol. The van der Waals surface area contributed by atoms with Crippen LogP contribution in [0.25, 0.3) is 0 Å². The molecule has 1 aliphatic rings. The highest BCUT2D eigenvalue weighted by Gasteiger charge is 2.30. The van der Waals surface area contributed by atoms with Crippen LogP contribution in [0.4, 0.5) is 5.13 Å². The van der Waals surface area contributed by atoms with E-state index < -0.39 is 10.0 Å². The van der Waals surface area contributed by atoms with Gasteiger partial charge in [0.15, 0.2) is 5.13 Å². The van der Waals surface area contributed by atoms with Crippen molar-refractivity contribution in [2.45, 2.75) is 24.8 Å². The first-order valence-corrected chi connectivity index (χ1v) is 11.6. The van der Waals surface area contributed by atoms with E-state index in [1.54, 1.807) is 36.4 Å². The number of carbonyl (C=O) groups excluding carboxylic acids is 1. The van der Waals surface area contributed by atoms with Crippen molar-refractivity contribution >= 4 is 32.4 Å². The fraction of sp³-hybridized carbons (Fsp3) is 0.238. The number of fused-ring (bicyclic) bond motifs is 1. The molecule has 2 heterocycles. The van der Waals surface area contributed by atoms with Crippen LogP contribution in [0.5, 0.6) is 5.75 Å². The monoisotopic (exact) mass is 443 g/mol. The number of aromatic nitrogens is 1. The fourth-order valence-electron chi connectivity index (χ4n) is 3.20. The van der Waals surface area contributed by atoms with Crippen molar-refractivity contribution in [3.05, 3.63) is 70.2 Å². The minimum Gasteiger partial charge on any atom is -0.497 e. The lowest BCUT2D eigenvalue weighted by Crippen LogP contribution is -2.35. The second-order valence-corrected chi connectivity index (χ2v) is 9.99. The number of methoxy groups -OCH3 is 1. The molecule has 7 nitrogen and oxygen atoms in total. The van der Waals surface area contributed by atoms with Gasteiger partial charge in [0.1, 0.15) is 5.75 Å². The van der Waals surface area contributed by atoms with E-state index in [2.05, 4.69) is 10.3 Å². The van der Waals surface area contributed by atoms with Crippen LogP contribution in [0.1, 0.15) is 26.5 Å². The highest BCUT2D eigenvalue weighted by atomic mass is 32.2. The zero-order valence-electron chi connectivity index (χ0n) is 16.6. The third kappa shape index (κ3) is 4.09. The number of nitrogens with one attached hydrogen (secondary N) is 1. The number of sulfonamides is 1. The number of hydrogen-bond donors (Lipinski definition) is 1. The number of aryl methyl sites for hydroxylation is 1. The van der Waals surface area contributed by atoms with Gasteiger partial charge in [0.25, 0.3) is 5.91 Å². The average molecular weight is 444 g/mol. The second-order valence-electron chi connectivity index (χ2n) is 6.97. The summed E-state index contributed by atoms with van der Waals surface area (Å²) in [6, 6.07) is 13.6. The van der Waals surface area contributed by atoms with E-state index in [4.69, 9.17) is 4.74 Å². The molecule has 3 aromatic rings. The van der Waals surface area contributed by atoms with Crippen molar-refractivity contribution < 1.29 is 17.9 Å². The van der Waals surface area contributed by atoms with Crippen molar-refractivity contribution in [1.82, 2.24) is 9.29 Å². The largest absolute Gasteiger partial charge is 0.497 e. The van der Waals surface area contributed by atoms with Crippen molar-refractivity contribution in [2.24, 2.45) is 0 Å². The quantitative estimate of drug-likeness (QED) is 0.652. The van der Waals surface area contributed by atoms with Gasteiger partial charge in [0, 0.05) is 23.4 Å². The normalized spacial score (nSPS) is 14.2. The van der Waals surface area contributed by atoms with Crippen LogP contribution in [0.15, 0.2) is 53.4 Å². The lowest BCUT2D eigenvalue weighted by molar-refractivity contribution is 0.102. The molecule has 0 fully saturated rings. The molecule has 0 bridgehead atoms. The second kappa shape index (κ2) is 8.17. The Labute approximate surface area is 179 Å². The van der Waals surface area contributed by atoms with Crippen LogP contribution in [-0.4, -0.2) is 37.3 Å². The smallest absolute Gasteiger partial charge is 0.257 e. The zero-order chi connectivity index (χ0) is 21.3. The van der Waals surface area contributed by atoms with Crippen molar-refractivity contribution in [3.8, 4) is 5.75 Å². The molecule has 0 saturated heterocycles. The van der Waals surface area contributed by atoms with Crippen LogP contribution in [0.2, 0.25) is 0 Å². The van der Waals surface area contributed by atoms with E-state index in [1.807, 2.05) is 19.1 Å². The number of ether oxygens (including phenoxy) is 1. The molecule has 0 atom stereocenters. The first kappa shape index (κ1) is 20.5. The molecule has 1 aromatic heterocycles. The first-order valence-electron chi connectivity index (χ1n) is 9.37. The van der Waals surface area contributed by atoms with Crippen molar-refractivity contribution in [3.63, 3.8) is 0 Å². The van der Waals surface area contributed by atoms with Crippen LogP contribution >= 0.6 is 11.3 Å². The molecule has 1 N–H and O–H groups in total. The molecule has 0 radical (unpaired) electrons. The standard InChI is InChI=1S/C21H21N3O4S2/c1-14-3-5-15(6-4-14)20(25)23-21-22-18-11-12-24(13-19(18)29-21)30(26,27)17-9-7-16(28-2)8-10-17/h3-10H,11-13H2,1-2H3,(H,22,23,25). The first-order chi connectivity index (χ1) is 14.4. The number of carbonyl (C=O) groups is 1. The summed E-state index contributed by atoms with van der Waals surface area (Å²) in [5, 5.41) is 3.30. The van der Waals surface area contributed by atoms with Gasteiger partial charge in [-0.1, -0.05) is 17.7 Å². The van der Waals surface area contributed by atoms with E-state index in [1.165, 1.54) is 22.8 Å². The molecule has 156 valence electrons. The van der Waals surface area contributed by atoms with E-state index in [0.717, 1.165) is 16.1 Å². The number of rotatable bonds is 5. The maximum Gasteiger partial charge on any atom is 0.257 e. The Morgan fingerprint density at radius 1 is 1.13 bits per heavy atom. The van der Waals surface area contributed by atoms with Crippen LogP contribution in [0, 0.1) is 6.92 Å². The number of hydrogen-bond acceptors (Lipinski definition) is 6. The summed E-state index contributed by atoms with van der Waals surface area (Å²) in [6.45, 7) is 2.54. The molecule has 0 spiro atoms. The zero-order valence-corrected chi connectivity index (χ0v) is 18.2. The van der Waals surface area contributed by atoms with Crippen LogP contribution < -0.4 is 10.1 Å². The Bertz CT molecular complexity index is 1170. The van der Waals surface area contributed by atoms with E-state index in [9.17, 15) is 13.2 Å². The Balaban J connectivity index is 1.49. The molecular formula is C21H21N3O4S2. The van der Waals surface area contributed by atoms with Crippen LogP contribution in [-0.2, 0) is 23.0 Å². The third-order valence-corrected chi connectivity index (χ3v) is 7.78. The highest BCUT2D eigenvalue weighted by molar-refractivity contribution is 7.89. The average Bonchev–Trinajstić information content (AvgIpc) is 3.15. The molecule has 0 unspecified atom stereocenters. The third-order valence-electron chi connectivity index (χ3n) is 4.93. The SMILES string of the molecule is COc1ccc(S(=O)(=O)N2CCc3nc(NC(=O)c4ccc(C)cc4)sc3C2)cc1. The van der Waals surface area contributed by atoms with E-state index in [0.29, 0.717) is 29.4 Å². The summed E-state index contributed by atoms with van der Waals surface area (Å²) in [7, 11) is -2.08. The number of nitrogens with zero attached hydrogens (tertiary/aromatic N) is 2. The van der Waals surface area contributed by atoms with Crippen LogP contribution in [0.3, 0.4) is 0 Å². The number of anilines is 1. The van der Waals surface area contributed by atoms with Gasteiger partial charge in [-0.15, -0.1) is 11.3 Å². The van der Waals surface area contributed by atoms with Gasteiger partial charge < -0.3 is 4.74 Å². The molecule has 9 heteroatoms. The topological polar surface area (TPSA) is 88.6 Å². The number of thiazole rings is 1. The van der Waals surface area contributed by atoms with Gasteiger partial charge in [0.05, 0.1) is 24.2 Å². The van der Waals surface area contributed by atoms with Gasteiger partial charge in [0.2, 0.25) is 10.0 Å². The molecule has 1 aliphatic heterocycles. The lowest BCUT2D eigenvalue weighted by atomic mass is 10.1. The van der Waals surface area contributed by atoms with E-state index >= 15 is 0 Å². The summed E-state index contributed by atoms with van der Waals surface area (Å²) in [4.78, 5) is 18.0. The summed E-state index contributed by atoms with van der Waals surface area (Å²) in [5.74, 6) is 0.370. The number of amides is 1. The molecule has 0 saturated carbocycles. The molecule has 30 heavy (non-hydrogen) atoms. The summed E-state index contributed by atoms with van der Waals surface area (Å²) in [6.07, 6.45) is 0.502. The number of benzene rings is 2. The summed E-state index contributed by atoms with van der Waals surface area (Å²) >= 11 is 1.31.